The number of hydrogen-bond acceptors (Lipinski definition) is 4. The minimum absolute atomic E-state index is 0.0797. The SMILES string of the molecule is Cc1cc2oc3c(c(=O)c2cc1Cl)C(c1ccc(Br)cc1)N(Cc1cccnc1)C3=O. The molecule has 7 heteroatoms. The van der Waals surface area contributed by atoms with Crippen molar-refractivity contribution in [1.29, 1.82) is 0 Å². The van der Waals surface area contributed by atoms with E-state index in [2.05, 4.69) is 20.9 Å². The Bertz CT molecular complexity index is 1380. The van der Waals surface area contributed by atoms with Crippen LogP contribution in [0.25, 0.3) is 11.0 Å². The maximum atomic E-state index is 13.6. The van der Waals surface area contributed by atoms with Gasteiger partial charge in [-0.2, -0.15) is 0 Å². The molecule has 1 aliphatic heterocycles. The number of nitrogens with zero attached hydrogens (tertiary/aromatic N) is 2. The van der Waals surface area contributed by atoms with Crippen molar-refractivity contribution < 1.29 is 9.21 Å². The van der Waals surface area contributed by atoms with Crippen LogP contribution in [-0.4, -0.2) is 15.8 Å². The third-order valence-corrected chi connectivity index (χ3v) is 6.44. The number of rotatable bonds is 3. The minimum atomic E-state index is -0.573. The van der Waals surface area contributed by atoms with Gasteiger partial charge in [-0.1, -0.05) is 45.7 Å². The standard InChI is InChI=1S/C24H16BrClN2O3/c1-13-9-19-17(10-18(13)26)22(29)20-21(15-4-6-16(25)7-5-15)28(24(30)23(20)31-19)12-14-3-2-8-27-11-14/h2-11,21H,12H2,1H3. The number of fused-ring (bicyclic) bond motifs is 2. The summed E-state index contributed by atoms with van der Waals surface area (Å²) in [6.07, 6.45) is 3.39. The Labute approximate surface area is 191 Å². The summed E-state index contributed by atoms with van der Waals surface area (Å²) in [5.41, 5.74) is 2.92. The summed E-state index contributed by atoms with van der Waals surface area (Å²) < 4.78 is 6.91. The molecule has 154 valence electrons. The van der Waals surface area contributed by atoms with Crippen LogP contribution >= 0.6 is 27.5 Å². The van der Waals surface area contributed by atoms with Gasteiger partial charge in [0.15, 0.2) is 5.43 Å². The largest absolute Gasteiger partial charge is 0.450 e. The highest BCUT2D eigenvalue weighted by Gasteiger charge is 2.42. The summed E-state index contributed by atoms with van der Waals surface area (Å²) in [7, 11) is 0. The Kier molecular flexibility index (Phi) is 4.91. The predicted molar refractivity (Wildman–Crippen MR) is 122 cm³/mol. The van der Waals surface area contributed by atoms with E-state index in [-0.39, 0.29) is 17.1 Å². The molecular weight excluding hydrogens is 480 g/mol. The van der Waals surface area contributed by atoms with Crippen molar-refractivity contribution in [1.82, 2.24) is 9.88 Å². The van der Waals surface area contributed by atoms with Gasteiger partial charge >= 0.3 is 0 Å². The second kappa shape index (κ2) is 7.62. The zero-order valence-electron chi connectivity index (χ0n) is 16.4. The van der Waals surface area contributed by atoms with Gasteiger partial charge in [-0.25, -0.2) is 0 Å². The number of hydrogen-bond donors (Lipinski definition) is 0. The van der Waals surface area contributed by atoms with Crippen LogP contribution in [0, 0.1) is 6.92 Å². The Morgan fingerprint density at radius 2 is 1.94 bits per heavy atom. The Morgan fingerprint density at radius 1 is 1.16 bits per heavy atom. The average molecular weight is 496 g/mol. The van der Waals surface area contributed by atoms with Crippen molar-refractivity contribution in [2.45, 2.75) is 19.5 Å². The van der Waals surface area contributed by atoms with Gasteiger partial charge in [0.2, 0.25) is 5.76 Å². The fourth-order valence-corrected chi connectivity index (χ4v) is 4.41. The number of aryl methyl sites for hydroxylation is 1. The van der Waals surface area contributed by atoms with Crippen LogP contribution in [0.4, 0.5) is 0 Å². The van der Waals surface area contributed by atoms with Gasteiger partial charge in [-0.05, 0) is 53.9 Å². The van der Waals surface area contributed by atoms with Crippen LogP contribution in [0.5, 0.6) is 0 Å². The van der Waals surface area contributed by atoms with Crippen LogP contribution in [-0.2, 0) is 6.54 Å². The van der Waals surface area contributed by atoms with Crippen molar-refractivity contribution in [3.63, 3.8) is 0 Å². The number of aromatic nitrogens is 1. The molecule has 0 bridgehead atoms. The Balaban J connectivity index is 1.75. The first-order chi connectivity index (χ1) is 14.9. The molecule has 0 saturated carbocycles. The molecule has 1 aliphatic rings. The smallest absolute Gasteiger partial charge is 0.291 e. The topological polar surface area (TPSA) is 63.4 Å². The van der Waals surface area contributed by atoms with E-state index in [1.165, 1.54) is 0 Å². The van der Waals surface area contributed by atoms with E-state index in [9.17, 15) is 9.59 Å². The monoisotopic (exact) mass is 494 g/mol. The summed E-state index contributed by atoms with van der Waals surface area (Å²) in [6.45, 7) is 2.13. The van der Waals surface area contributed by atoms with Gasteiger partial charge in [-0.3, -0.25) is 14.6 Å². The highest BCUT2D eigenvalue weighted by atomic mass is 79.9. The summed E-state index contributed by atoms with van der Waals surface area (Å²) in [4.78, 5) is 32.8. The Morgan fingerprint density at radius 3 is 2.65 bits per heavy atom. The molecule has 5 rings (SSSR count). The maximum Gasteiger partial charge on any atom is 0.291 e. The highest BCUT2D eigenvalue weighted by molar-refractivity contribution is 9.10. The van der Waals surface area contributed by atoms with Gasteiger partial charge < -0.3 is 9.32 Å². The molecular formula is C24H16BrClN2O3. The number of amides is 1. The lowest BCUT2D eigenvalue weighted by Crippen LogP contribution is -2.29. The van der Waals surface area contributed by atoms with Crippen LogP contribution in [0.1, 0.15) is 38.9 Å². The molecule has 1 atom stereocenters. The molecule has 0 N–H and O–H groups in total. The highest BCUT2D eigenvalue weighted by Crippen LogP contribution is 2.39. The third kappa shape index (κ3) is 3.36. The summed E-state index contributed by atoms with van der Waals surface area (Å²) in [5.74, 6) is -0.241. The molecule has 31 heavy (non-hydrogen) atoms. The van der Waals surface area contributed by atoms with E-state index >= 15 is 0 Å². The first-order valence-electron chi connectivity index (χ1n) is 9.66. The number of pyridine rings is 1. The van der Waals surface area contributed by atoms with Crippen LogP contribution in [0.3, 0.4) is 0 Å². The van der Waals surface area contributed by atoms with Gasteiger partial charge in [0.25, 0.3) is 5.91 Å². The third-order valence-electron chi connectivity index (χ3n) is 5.51. The first kappa shape index (κ1) is 20.0. The van der Waals surface area contributed by atoms with Crippen molar-refractivity contribution in [2.24, 2.45) is 0 Å². The van der Waals surface area contributed by atoms with E-state index < -0.39 is 6.04 Å². The van der Waals surface area contributed by atoms with E-state index in [1.807, 2.05) is 43.3 Å². The first-order valence-corrected chi connectivity index (χ1v) is 10.8. The normalized spacial score (nSPS) is 15.5. The molecule has 0 fully saturated rings. The van der Waals surface area contributed by atoms with Crippen molar-refractivity contribution in [3.8, 4) is 0 Å². The molecule has 0 saturated heterocycles. The Hall–Kier alpha value is -2.96. The molecule has 0 aliphatic carbocycles. The van der Waals surface area contributed by atoms with Crippen LogP contribution in [0.15, 0.2) is 74.6 Å². The summed E-state index contributed by atoms with van der Waals surface area (Å²) in [5, 5.41) is 0.851. The summed E-state index contributed by atoms with van der Waals surface area (Å²) in [6, 6.07) is 14.0. The van der Waals surface area contributed by atoms with Crippen molar-refractivity contribution in [3.05, 3.63) is 109 Å². The molecule has 0 radical (unpaired) electrons. The minimum Gasteiger partial charge on any atom is -0.450 e. The predicted octanol–water partition coefficient (Wildman–Crippen LogP) is 5.66. The quantitative estimate of drug-likeness (QED) is 0.368. The molecule has 1 unspecified atom stereocenters. The molecule has 4 aromatic rings. The second-order valence-corrected chi connectivity index (χ2v) is 8.84. The van der Waals surface area contributed by atoms with Crippen LogP contribution < -0.4 is 5.43 Å². The molecule has 2 aromatic heterocycles. The van der Waals surface area contributed by atoms with E-state index in [1.54, 1.807) is 29.4 Å². The molecule has 5 nitrogen and oxygen atoms in total. The number of carbonyl (C=O) groups is 1. The molecule has 2 aromatic carbocycles. The maximum absolute atomic E-state index is 13.6. The molecule has 1 amide bonds. The van der Waals surface area contributed by atoms with E-state index in [4.69, 9.17) is 16.0 Å². The number of carbonyl (C=O) groups excluding carboxylic acids is 1. The van der Waals surface area contributed by atoms with Gasteiger partial charge in [-0.15, -0.1) is 0 Å². The van der Waals surface area contributed by atoms with Crippen molar-refractivity contribution >= 4 is 44.4 Å². The molecule has 3 heterocycles. The van der Waals surface area contributed by atoms with Gasteiger partial charge in [0, 0.05) is 28.4 Å². The number of halogens is 2. The second-order valence-electron chi connectivity index (χ2n) is 7.52. The van der Waals surface area contributed by atoms with Crippen LogP contribution in [0.2, 0.25) is 5.02 Å². The molecule has 0 spiro atoms. The zero-order valence-corrected chi connectivity index (χ0v) is 18.8. The lowest BCUT2D eigenvalue weighted by molar-refractivity contribution is 0.0714. The lowest BCUT2D eigenvalue weighted by Gasteiger charge is -2.25. The van der Waals surface area contributed by atoms with Gasteiger partial charge in [0.1, 0.15) is 5.58 Å². The average Bonchev–Trinajstić information content (AvgIpc) is 3.03. The number of benzene rings is 2. The van der Waals surface area contributed by atoms with E-state index in [0.29, 0.717) is 28.1 Å². The van der Waals surface area contributed by atoms with Crippen molar-refractivity contribution in [2.75, 3.05) is 0 Å². The fourth-order valence-electron chi connectivity index (χ4n) is 3.98. The van der Waals surface area contributed by atoms with E-state index in [0.717, 1.165) is 21.2 Å². The lowest BCUT2D eigenvalue weighted by atomic mass is 9.98. The summed E-state index contributed by atoms with van der Waals surface area (Å²) >= 11 is 9.72. The fraction of sp³-hybridized carbons (Fsp3) is 0.125. The zero-order chi connectivity index (χ0) is 21.7. The van der Waals surface area contributed by atoms with Gasteiger partial charge in [0.05, 0.1) is 17.0 Å².